The number of carbonyl (C=O) groups is 1. The standard InChI is InChI=1S/C9H13N3O/c1-7-4-5-9(11-10-3)12(6-13)8(7)2/h4-6,10H,1-3H3/b11-9-. The van der Waals surface area contributed by atoms with E-state index in [0.717, 1.165) is 17.7 Å². The van der Waals surface area contributed by atoms with Crippen LogP contribution < -0.4 is 10.9 Å². The maximum atomic E-state index is 10.8. The lowest BCUT2D eigenvalue weighted by molar-refractivity contribution is 0.542. The van der Waals surface area contributed by atoms with Gasteiger partial charge in [0.1, 0.15) is 0 Å². The third kappa shape index (κ3) is 1.77. The van der Waals surface area contributed by atoms with Crippen molar-refractivity contribution in [1.29, 1.82) is 0 Å². The molecule has 1 heterocycles. The molecular weight excluding hydrogens is 166 g/mol. The molecule has 13 heavy (non-hydrogen) atoms. The van der Waals surface area contributed by atoms with E-state index in [2.05, 4.69) is 10.5 Å². The van der Waals surface area contributed by atoms with Crippen molar-refractivity contribution in [3.63, 3.8) is 0 Å². The fraction of sp³-hybridized carbons (Fsp3) is 0.333. The smallest absolute Gasteiger partial charge is 0.219 e. The fourth-order valence-corrected chi connectivity index (χ4v) is 1.10. The van der Waals surface area contributed by atoms with Gasteiger partial charge in [-0.25, -0.2) is 0 Å². The van der Waals surface area contributed by atoms with Gasteiger partial charge in [0.05, 0.1) is 0 Å². The van der Waals surface area contributed by atoms with Gasteiger partial charge < -0.3 is 5.43 Å². The summed E-state index contributed by atoms with van der Waals surface area (Å²) in [4.78, 5) is 10.8. The van der Waals surface area contributed by atoms with E-state index in [1.807, 2.05) is 19.9 Å². The third-order valence-corrected chi connectivity index (χ3v) is 1.99. The van der Waals surface area contributed by atoms with Crippen molar-refractivity contribution in [1.82, 2.24) is 9.99 Å². The number of pyridine rings is 1. The maximum Gasteiger partial charge on any atom is 0.219 e. The molecule has 70 valence electrons. The van der Waals surface area contributed by atoms with E-state index in [1.54, 1.807) is 13.1 Å². The van der Waals surface area contributed by atoms with Crippen molar-refractivity contribution < 1.29 is 4.79 Å². The van der Waals surface area contributed by atoms with E-state index < -0.39 is 0 Å². The van der Waals surface area contributed by atoms with Crippen LogP contribution in [-0.2, 0) is 4.79 Å². The molecular formula is C9H13N3O. The number of aromatic nitrogens is 1. The van der Waals surface area contributed by atoms with Gasteiger partial charge >= 0.3 is 0 Å². The van der Waals surface area contributed by atoms with Crippen molar-refractivity contribution in [2.45, 2.75) is 13.8 Å². The van der Waals surface area contributed by atoms with E-state index in [9.17, 15) is 4.79 Å². The van der Waals surface area contributed by atoms with Crippen LogP contribution in [0.5, 0.6) is 0 Å². The number of rotatable bonds is 2. The molecule has 0 atom stereocenters. The van der Waals surface area contributed by atoms with Crippen LogP contribution in [0.1, 0.15) is 11.3 Å². The van der Waals surface area contributed by atoms with Gasteiger partial charge in [-0.1, -0.05) is 6.07 Å². The van der Waals surface area contributed by atoms with E-state index in [4.69, 9.17) is 0 Å². The highest BCUT2D eigenvalue weighted by molar-refractivity contribution is 5.54. The number of nitrogens with one attached hydrogen (secondary N) is 1. The zero-order valence-electron chi connectivity index (χ0n) is 8.03. The Morgan fingerprint density at radius 1 is 1.46 bits per heavy atom. The minimum absolute atomic E-state index is 0.612. The van der Waals surface area contributed by atoms with Crippen molar-refractivity contribution in [3.8, 4) is 0 Å². The lowest BCUT2D eigenvalue weighted by Gasteiger charge is -2.06. The summed E-state index contributed by atoms with van der Waals surface area (Å²) in [5.41, 5.74) is 5.24. The summed E-state index contributed by atoms with van der Waals surface area (Å²) in [5.74, 6) is 0. The molecule has 0 amide bonds. The molecule has 0 unspecified atom stereocenters. The first kappa shape index (κ1) is 9.51. The van der Waals surface area contributed by atoms with Crippen LogP contribution in [0.15, 0.2) is 17.2 Å². The number of aryl methyl sites for hydroxylation is 1. The topological polar surface area (TPSA) is 46.4 Å². The minimum atomic E-state index is 0.612. The molecule has 0 fully saturated rings. The molecule has 4 nitrogen and oxygen atoms in total. The van der Waals surface area contributed by atoms with Crippen LogP contribution in [0.2, 0.25) is 0 Å². The first-order valence-corrected chi connectivity index (χ1v) is 4.05. The molecule has 0 aliphatic heterocycles. The highest BCUT2D eigenvalue weighted by Crippen LogP contribution is 1.99. The molecule has 4 heteroatoms. The van der Waals surface area contributed by atoms with Crippen LogP contribution in [-0.4, -0.2) is 18.0 Å². The van der Waals surface area contributed by atoms with E-state index in [0.29, 0.717) is 5.49 Å². The van der Waals surface area contributed by atoms with Gasteiger partial charge in [-0.15, -0.1) is 0 Å². The van der Waals surface area contributed by atoms with Crippen molar-refractivity contribution >= 4 is 6.41 Å². The van der Waals surface area contributed by atoms with Gasteiger partial charge in [0.2, 0.25) is 6.41 Å². The first-order chi connectivity index (χ1) is 6.20. The Labute approximate surface area is 76.9 Å². The molecule has 0 aliphatic carbocycles. The third-order valence-electron chi connectivity index (χ3n) is 1.99. The van der Waals surface area contributed by atoms with Gasteiger partial charge in [-0.05, 0) is 25.5 Å². The second kappa shape index (κ2) is 3.89. The van der Waals surface area contributed by atoms with Crippen LogP contribution in [0.25, 0.3) is 0 Å². The Balaban J connectivity index is 3.47. The van der Waals surface area contributed by atoms with Crippen molar-refractivity contribution in [2.75, 3.05) is 7.05 Å². The summed E-state index contributed by atoms with van der Waals surface area (Å²) in [6, 6.07) is 3.73. The highest BCUT2D eigenvalue weighted by atomic mass is 16.1. The average Bonchev–Trinajstić information content (AvgIpc) is 2.12. The predicted octanol–water partition coefficient (Wildman–Crippen LogP) is 0.178. The molecule has 0 saturated heterocycles. The Bertz CT molecular complexity index is 379. The predicted molar refractivity (Wildman–Crippen MR) is 50.7 cm³/mol. The van der Waals surface area contributed by atoms with Gasteiger partial charge in [-0.2, -0.15) is 5.10 Å². The summed E-state index contributed by atoms with van der Waals surface area (Å²) in [6.45, 7) is 3.84. The highest BCUT2D eigenvalue weighted by Gasteiger charge is 1.98. The van der Waals surface area contributed by atoms with E-state index >= 15 is 0 Å². The zero-order valence-corrected chi connectivity index (χ0v) is 8.03. The van der Waals surface area contributed by atoms with Gasteiger partial charge in [0.25, 0.3) is 0 Å². The number of hydrogen-bond donors (Lipinski definition) is 1. The lowest BCUT2D eigenvalue weighted by Crippen LogP contribution is -2.25. The Morgan fingerprint density at radius 3 is 2.69 bits per heavy atom. The molecule has 0 radical (unpaired) electrons. The molecule has 0 saturated carbocycles. The van der Waals surface area contributed by atoms with Crippen LogP contribution in [0, 0.1) is 13.8 Å². The number of carbonyl (C=O) groups excluding carboxylic acids is 1. The zero-order chi connectivity index (χ0) is 9.84. The van der Waals surface area contributed by atoms with Gasteiger partial charge in [-0.3, -0.25) is 9.36 Å². The Kier molecular flexibility index (Phi) is 2.84. The quantitative estimate of drug-likeness (QED) is 0.520. The number of hydrogen-bond acceptors (Lipinski definition) is 3. The molecule has 0 aliphatic rings. The second-order valence-electron chi connectivity index (χ2n) is 2.77. The first-order valence-electron chi connectivity index (χ1n) is 4.05. The molecule has 1 aromatic heterocycles. The Morgan fingerprint density at radius 2 is 2.15 bits per heavy atom. The lowest BCUT2D eigenvalue weighted by atomic mass is 10.2. The summed E-state index contributed by atoms with van der Waals surface area (Å²) in [5, 5.41) is 3.96. The van der Waals surface area contributed by atoms with E-state index in [-0.39, 0.29) is 0 Å². The fourth-order valence-electron chi connectivity index (χ4n) is 1.10. The molecule has 1 N–H and O–H groups in total. The van der Waals surface area contributed by atoms with Gasteiger partial charge in [0, 0.05) is 12.7 Å². The minimum Gasteiger partial charge on any atom is -0.311 e. The monoisotopic (exact) mass is 179 g/mol. The van der Waals surface area contributed by atoms with Crippen molar-refractivity contribution in [3.05, 3.63) is 28.9 Å². The van der Waals surface area contributed by atoms with Gasteiger partial charge in [0.15, 0.2) is 5.49 Å². The summed E-state index contributed by atoms with van der Waals surface area (Å²) >= 11 is 0. The molecule has 0 bridgehead atoms. The second-order valence-corrected chi connectivity index (χ2v) is 2.77. The summed E-state index contributed by atoms with van der Waals surface area (Å²) < 4.78 is 1.51. The summed E-state index contributed by atoms with van der Waals surface area (Å²) in [6.07, 6.45) is 0.762. The molecule has 1 rings (SSSR count). The molecule has 0 spiro atoms. The molecule has 0 aromatic carbocycles. The summed E-state index contributed by atoms with van der Waals surface area (Å²) in [7, 11) is 1.70. The number of nitrogens with zero attached hydrogens (tertiary/aromatic N) is 2. The van der Waals surface area contributed by atoms with Crippen molar-refractivity contribution in [2.24, 2.45) is 5.10 Å². The van der Waals surface area contributed by atoms with E-state index in [1.165, 1.54) is 4.57 Å². The van der Waals surface area contributed by atoms with Crippen LogP contribution in [0.3, 0.4) is 0 Å². The largest absolute Gasteiger partial charge is 0.311 e. The molecule has 1 aromatic rings. The average molecular weight is 179 g/mol. The SMILES string of the molecule is CN/N=c1/ccc(C)c(C)n1C=O. The normalized spacial score (nSPS) is 11.5. The van der Waals surface area contributed by atoms with Crippen LogP contribution >= 0.6 is 0 Å². The van der Waals surface area contributed by atoms with Crippen LogP contribution in [0.4, 0.5) is 0 Å². The maximum absolute atomic E-state index is 10.8. The Hall–Kier alpha value is -1.58.